The summed E-state index contributed by atoms with van der Waals surface area (Å²) in [6.07, 6.45) is 16.5. The van der Waals surface area contributed by atoms with Crippen molar-refractivity contribution in [2.45, 2.75) is 26.8 Å². The molecule has 5 nitrogen and oxygen atoms in total. The summed E-state index contributed by atoms with van der Waals surface area (Å²) in [5, 5.41) is 3.28. The highest BCUT2D eigenvalue weighted by atomic mass is 15.2. The van der Waals surface area contributed by atoms with Gasteiger partial charge >= 0.3 is 0 Å². The molecular formula is C30H39N5. The van der Waals surface area contributed by atoms with Crippen molar-refractivity contribution >= 4 is 5.69 Å². The molecule has 0 unspecified atom stereocenters. The number of rotatable bonds is 6. The molecule has 0 aliphatic carbocycles. The minimum atomic E-state index is 0.887. The quantitative estimate of drug-likeness (QED) is 0.392. The van der Waals surface area contributed by atoms with Gasteiger partial charge in [0.1, 0.15) is 0 Å². The predicted molar refractivity (Wildman–Crippen MR) is 149 cm³/mol. The Hall–Kier alpha value is -3.46. The van der Waals surface area contributed by atoms with Crippen molar-refractivity contribution in [2.24, 2.45) is 0 Å². The molecule has 5 heteroatoms. The highest BCUT2D eigenvalue weighted by Gasteiger charge is 2.14. The Balaban J connectivity index is 0.000000407. The van der Waals surface area contributed by atoms with Crippen LogP contribution in [0.25, 0.3) is 11.1 Å². The van der Waals surface area contributed by atoms with Crippen molar-refractivity contribution in [1.29, 1.82) is 0 Å². The van der Waals surface area contributed by atoms with E-state index in [9.17, 15) is 0 Å². The van der Waals surface area contributed by atoms with Crippen molar-refractivity contribution in [1.82, 2.24) is 19.8 Å². The van der Waals surface area contributed by atoms with E-state index in [1.807, 2.05) is 44.7 Å². The van der Waals surface area contributed by atoms with Crippen LogP contribution in [0, 0.1) is 19.8 Å². The molecule has 1 aliphatic rings. The van der Waals surface area contributed by atoms with Gasteiger partial charge in [0.15, 0.2) is 0 Å². The van der Waals surface area contributed by atoms with Crippen LogP contribution < -0.4 is 5.32 Å². The normalized spacial score (nSPS) is 13.5. The van der Waals surface area contributed by atoms with Gasteiger partial charge in [0.25, 0.3) is 0 Å². The average Bonchev–Trinajstić information content (AvgIpc) is 2.87. The first kappa shape index (κ1) is 27.8. The molecule has 184 valence electrons. The predicted octanol–water partition coefficient (Wildman–Crippen LogP) is 5.30. The second-order valence-corrected chi connectivity index (χ2v) is 8.95. The number of benzene rings is 1. The third-order valence-electron chi connectivity index (χ3n) is 5.81. The van der Waals surface area contributed by atoms with Gasteiger partial charge in [-0.2, -0.15) is 0 Å². The molecule has 1 saturated heterocycles. The molecule has 1 aromatic carbocycles. The van der Waals surface area contributed by atoms with Crippen molar-refractivity contribution in [2.75, 3.05) is 45.6 Å². The molecule has 4 rings (SSSR count). The second kappa shape index (κ2) is 14.7. The SMILES string of the molecule is C#C.C=C(C)Cc1cc(-c2cncc(CN3CCN(C)CC3)c2)ccc1NC.Cc1cccnc1. The molecule has 0 amide bonds. The maximum atomic E-state index is 4.50. The van der Waals surface area contributed by atoms with Crippen LogP contribution in [0.3, 0.4) is 0 Å². The maximum absolute atomic E-state index is 4.50. The zero-order valence-corrected chi connectivity index (χ0v) is 21.7. The van der Waals surface area contributed by atoms with E-state index in [0.717, 1.165) is 39.1 Å². The van der Waals surface area contributed by atoms with Crippen molar-refractivity contribution in [3.05, 3.63) is 90.0 Å². The number of pyridine rings is 2. The van der Waals surface area contributed by atoms with Gasteiger partial charge in [0, 0.05) is 75.8 Å². The minimum absolute atomic E-state index is 0.887. The average molecular weight is 470 g/mol. The molecule has 0 spiro atoms. The number of piperazine rings is 1. The number of terminal acetylenes is 1. The van der Waals surface area contributed by atoms with Crippen LogP contribution >= 0.6 is 0 Å². The van der Waals surface area contributed by atoms with E-state index in [4.69, 9.17) is 0 Å². The number of anilines is 1. The Morgan fingerprint density at radius 3 is 2.31 bits per heavy atom. The van der Waals surface area contributed by atoms with Crippen LogP contribution in [0.5, 0.6) is 0 Å². The Labute approximate surface area is 211 Å². The van der Waals surface area contributed by atoms with Gasteiger partial charge in [0.2, 0.25) is 0 Å². The number of aromatic nitrogens is 2. The van der Waals surface area contributed by atoms with E-state index in [-0.39, 0.29) is 0 Å². The first-order valence-corrected chi connectivity index (χ1v) is 11.9. The number of hydrogen-bond acceptors (Lipinski definition) is 5. The van der Waals surface area contributed by atoms with Crippen molar-refractivity contribution in [3.63, 3.8) is 0 Å². The Kier molecular flexibility index (Phi) is 11.7. The number of nitrogens with zero attached hydrogens (tertiary/aromatic N) is 4. The number of allylic oxidation sites excluding steroid dienone is 1. The standard InChI is InChI=1S/C22H30N4.C6H7N.C2H2/c1-17(2)11-20-13-19(5-6-22(20)23-3)21-12-18(14-24-15-21)16-26-9-7-25(4)8-10-26;1-6-3-2-4-7-5-6;1-2/h5-6,12-15,23H,1,7-11,16H2,2-4H3;2-5H,1H3;1-2H. The van der Waals surface area contributed by atoms with E-state index < -0.39 is 0 Å². The minimum Gasteiger partial charge on any atom is -0.388 e. The Bertz CT molecular complexity index is 1070. The third kappa shape index (κ3) is 9.36. The second-order valence-electron chi connectivity index (χ2n) is 8.95. The third-order valence-corrected chi connectivity index (χ3v) is 5.81. The van der Waals surface area contributed by atoms with Crippen LogP contribution in [0.1, 0.15) is 23.6 Å². The largest absolute Gasteiger partial charge is 0.388 e. The molecule has 1 aliphatic heterocycles. The topological polar surface area (TPSA) is 44.3 Å². The maximum Gasteiger partial charge on any atom is 0.0373 e. The van der Waals surface area contributed by atoms with Crippen molar-refractivity contribution in [3.8, 4) is 24.0 Å². The molecule has 0 saturated carbocycles. The van der Waals surface area contributed by atoms with Crippen LogP contribution in [0.2, 0.25) is 0 Å². The number of aryl methyl sites for hydroxylation is 1. The lowest BCUT2D eigenvalue weighted by Crippen LogP contribution is -2.43. The number of hydrogen-bond donors (Lipinski definition) is 1. The molecule has 1 N–H and O–H groups in total. The lowest BCUT2D eigenvalue weighted by molar-refractivity contribution is 0.148. The summed E-state index contributed by atoms with van der Waals surface area (Å²) >= 11 is 0. The van der Waals surface area contributed by atoms with E-state index in [1.54, 1.807) is 6.20 Å². The fourth-order valence-electron chi connectivity index (χ4n) is 3.93. The van der Waals surface area contributed by atoms with Gasteiger partial charge in [-0.3, -0.25) is 14.9 Å². The molecule has 0 bridgehead atoms. The molecular weight excluding hydrogens is 430 g/mol. The van der Waals surface area contributed by atoms with Gasteiger partial charge in [-0.25, -0.2) is 0 Å². The fourth-order valence-corrected chi connectivity index (χ4v) is 3.93. The molecule has 0 atom stereocenters. The van der Waals surface area contributed by atoms with Crippen molar-refractivity contribution < 1.29 is 0 Å². The van der Waals surface area contributed by atoms with E-state index in [2.05, 4.69) is 82.7 Å². The van der Waals surface area contributed by atoms with Gasteiger partial charge in [0.05, 0.1) is 0 Å². The van der Waals surface area contributed by atoms with E-state index >= 15 is 0 Å². The Morgan fingerprint density at radius 2 is 1.74 bits per heavy atom. The summed E-state index contributed by atoms with van der Waals surface area (Å²) in [4.78, 5) is 13.3. The molecule has 3 aromatic rings. The summed E-state index contributed by atoms with van der Waals surface area (Å²) in [7, 11) is 4.16. The highest BCUT2D eigenvalue weighted by molar-refractivity contribution is 5.68. The monoisotopic (exact) mass is 469 g/mol. The zero-order valence-electron chi connectivity index (χ0n) is 21.7. The summed E-state index contributed by atoms with van der Waals surface area (Å²) in [5.74, 6) is 0. The lowest BCUT2D eigenvalue weighted by atomic mass is 9.98. The molecule has 1 fully saturated rings. The number of nitrogens with one attached hydrogen (secondary N) is 1. The van der Waals surface area contributed by atoms with Gasteiger partial charge in [-0.05, 0) is 73.8 Å². The Morgan fingerprint density at radius 1 is 1.00 bits per heavy atom. The first-order valence-electron chi connectivity index (χ1n) is 11.9. The highest BCUT2D eigenvalue weighted by Crippen LogP contribution is 2.27. The molecule has 35 heavy (non-hydrogen) atoms. The first-order chi connectivity index (χ1) is 16.9. The zero-order chi connectivity index (χ0) is 25.6. The molecule has 3 heterocycles. The van der Waals surface area contributed by atoms with Gasteiger partial charge in [-0.15, -0.1) is 12.8 Å². The van der Waals surface area contributed by atoms with Gasteiger partial charge < -0.3 is 10.2 Å². The lowest BCUT2D eigenvalue weighted by Gasteiger charge is -2.32. The smallest absolute Gasteiger partial charge is 0.0373 e. The summed E-state index contributed by atoms with van der Waals surface area (Å²) in [6.45, 7) is 13.7. The van der Waals surface area contributed by atoms with Crippen LogP contribution in [0.15, 0.2) is 73.3 Å². The summed E-state index contributed by atoms with van der Waals surface area (Å²) in [6, 6.07) is 12.8. The van der Waals surface area contributed by atoms with E-state index in [0.29, 0.717) is 0 Å². The fraction of sp³-hybridized carbons (Fsp3) is 0.333. The number of likely N-dealkylation sites (N-methyl/N-ethyl adjacent to an activating group) is 1. The van der Waals surface area contributed by atoms with Crippen LogP contribution in [-0.2, 0) is 13.0 Å². The van der Waals surface area contributed by atoms with E-state index in [1.165, 1.54) is 39.1 Å². The van der Waals surface area contributed by atoms with Crippen LogP contribution in [-0.4, -0.2) is 60.0 Å². The molecule has 2 aromatic heterocycles. The summed E-state index contributed by atoms with van der Waals surface area (Å²) in [5.41, 5.74) is 8.50. The molecule has 0 radical (unpaired) electrons. The van der Waals surface area contributed by atoms with Crippen LogP contribution in [0.4, 0.5) is 5.69 Å². The van der Waals surface area contributed by atoms with Gasteiger partial charge in [-0.1, -0.05) is 24.3 Å². The summed E-state index contributed by atoms with van der Waals surface area (Å²) < 4.78 is 0.